The van der Waals surface area contributed by atoms with Crippen LogP contribution in [0.4, 0.5) is 5.82 Å². The lowest BCUT2D eigenvalue weighted by Gasteiger charge is -2.23. The molecule has 3 heterocycles. The van der Waals surface area contributed by atoms with E-state index in [0.29, 0.717) is 11.2 Å². The van der Waals surface area contributed by atoms with Gasteiger partial charge in [-0.15, -0.1) is 0 Å². The fourth-order valence-corrected chi connectivity index (χ4v) is 2.86. The van der Waals surface area contributed by atoms with Crippen LogP contribution in [0.25, 0.3) is 11.2 Å². The number of hydrogen-bond donors (Lipinski definition) is 2. The Bertz CT molecular complexity index is 824. The number of imidazole rings is 1. The van der Waals surface area contributed by atoms with Crippen LogP contribution in [-0.4, -0.2) is 61.5 Å². The minimum atomic E-state index is -0.913. The van der Waals surface area contributed by atoms with Gasteiger partial charge in [0.05, 0.1) is 6.33 Å². The smallest absolute Gasteiger partial charge is 0.303 e. The van der Waals surface area contributed by atoms with Gasteiger partial charge in [0.1, 0.15) is 30.7 Å². The molecular weight excluding hydrogens is 346 g/mol. The number of aliphatic hydroxyl groups excluding tert-OH is 1. The average molecular weight is 365 g/mol. The Labute approximate surface area is 148 Å². The molecule has 4 atom stereocenters. The molecule has 140 valence electrons. The summed E-state index contributed by atoms with van der Waals surface area (Å²) < 4.78 is 17.5. The maximum absolute atomic E-state index is 11.3. The summed E-state index contributed by atoms with van der Waals surface area (Å²) in [5.74, 6) is -0.840. The molecule has 1 fully saturated rings. The van der Waals surface area contributed by atoms with Crippen molar-refractivity contribution >= 4 is 28.9 Å². The highest BCUT2D eigenvalue weighted by Crippen LogP contribution is 2.33. The molecule has 2 aromatic heterocycles. The number of nitrogen functional groups attached to an aromatic ring is 1. The van der Waals surface area contributed by atoms with Crippen molar-refractivity contribution in [1.82, 2.24) is 19.5 Å². The second-order valence-electron chi connectivity index (χ2n) is 5.90. The molecule has 3 N–H and O–H groups in total. The van der Waals surface area contributed by atoms with Crippen LogP contribution in [0.5, 0.6) is 0 Å². The molecule has 1 aliphatic rings. The number of aromatic nitrogens is 4. The minimum absolute atomic E-state index is 0.168. The number of fused-ring (bicyclic) bond motifs is 1. The number of carbonyl (C=O) groups excluding carboxylic acids is 2. The van der Waals surface area contributed by atoms with Crippen molar-refractivity contribution in [2.24, 2.45) is 0 Å². The number of ether oxygens (including phenoxy) is 3. The van der Waals surface area contributed by atoms with Crippen LogP contribution in [0.3, 0.4) is 0 Å². The molecule has 11 nitrogen and oxygen atoms in total. The Morgan fingerprint density at radius 2 is 2.15 bits per heavy atom. The second-order valence-corrected chi connectivity index (χ2v) is 5.90. The third-order valence-electron chi connectivity index (χ3n) is 3.96. The maximum atomic E-state index is 11.3. The van der Waals surface area contributed by atoms with Gasteiger partial charge in [0.2, 0.25) is 0 Å². The molecule has 2 aromatic rings. The number of hydrogen-bond acceptors (Lipinski definition) is 10. The van der Waals surface area contributed by atoms with E-state index in [0.717, 1.165) is 0 Å². The van der Waals surface area contributed by atoms with Crippen molar-refractivity contribution in [1.29, 1.82) is 0 Å². The standard InChI is InChI=1S/C15H19N5O6/c1-7(21)24-4-11(25-8(2)22)10-3-9(23)15(26-10)20-6-19-12-13(16)17-5-18-14(12)20/h5-6,9-11,15,23H,3-4H2,1-2H3,(H2,16,17,18)/t9-,10-,11+,15+/m0/s1. The van der Waals surface area contributed by atoms with Gasteiger partial charge in [-0.25, -0.2) is 15.0 Å². The van der Waals surface area contributed by atoms with Crippen LogP contribution in [0.2, 0.25) is 0 Å². The zero-order chi connectivity index (χ0) is 18.8. The number of aliphatic hydroxyl groups is 1. The fourth-order valence-electron chi connectivity index (χ4n) is 2.86. The van der Waals surface area contributed by atoms with E-state index in [1.807, 2.05) is 0 Å². The van der Waals surface area contributed by atoms with E-state index in [9.17, 15) is 14.7 Å². The topological polar surface area (TPSA) is 152 Å². The highest BCUT2D eigenvalue weighted by molar-refractivity contribution is 5.81. The number of esters is 2. The Hall–Kier alpha value is -2.79. The molecule has 0 radical (unpaired) electrons. The van der Waals surface area contributed by atoms with Crippen LogP contribution in [0.15, 0.2) is 12.7 Å². The van der Waals surface area contributed by atoms with Crippen LogP contribution >= 0.6 is 0 Å². The lowest BCUT2D eigenvalue weighted by atomic mass is 10.1. The summed E-state index contributed by atoms with van der Waals surface area (Å²) in [5, 5.41) is 10.4. The number of carbonyl (C=O) groups is 2. The van der Waals surface area contributed by atoms with Crippen molar-refractivity contribution in [2.45, 2.75) is 44.8 Å². The number of nitrogens with zero attached hydrogens (tertiary/aromatic N) is 4. The molecule has 1 saturated heterocycles. The summed E-state index contributed by atoms with van der Waals surface area (Å²) in [6.07, 6.45) is -0.334. The number of anilines is 1. The van der Waals surface area contributed by atoms with E-state index in [1.165, 1.54) is 31.1 Å². The SMILES string of the molecule is CC(=O)OC[C@@H](OC(C)=O)[C@@H]1C[C@H](O)[C@H](n2cnc3c(N)ncnc32)O1. The van der Waals surface area contributed by atoms with Gasteiger partial charge in [0, 0.05) is 20.3 Å². The largest absolute Gasteiger partial charge is 0.462 e. The van der Waals surface area contributed by atoms with E-state index in [2.05, 4.69) is 15.0 Å². The first kappa shape index (κ1) is 18.0. The molecule has 3 rings (SSSR count). The van der Waals surface area contributed by atoms with Gasteiger partial charge in [0.15, 0.2) is 23.8 Å². The lowest BCUT2D eigenvalue weighted by Crippen LogP contribution is -2.35. The van der Waals surface area contributed by atoms with Gasteiger partial charge in [-0.1, -0.05) is 0 Å². The molecule has 0 saturated carbocycles. The normalized spacial score (nSPS) is 23.7. The van der Waals surface area contributed by atoms with Crippen molar-refractivity contribution in [3.63, 3.8) is 0 Å². The Morgan fingerprint density at radius 3 is 2.85 bits per heavy atom. The average Bonchev–Trinajstić information content (AvgIpc) is 3.15. The quantitative estimate of drug-likeness (QED) is 0.666. The summed E-state index contributed by atoms with van der Waals surface area (Å²) >= 11 is 0. The zero-order valence-electron chi connectivity index (χ0n) is 14.2. The molecule has 0 bridgehead atoms. The summed E-state index contributed by atoms with van der Waals surface area (Å²) in [5.41, 5.74) is 6.57. The van der Waals surface area contributed by atoms with E-state index >= 15 is 0 Å². The van der Waals surface area contributed by atoms with Gasteiger partial charge in [-0.3, -0.25) is 14.2 Å². The Kier molecular flexibility index (Phi) is 5.00. The van der Waals surface area contributed by atoms with E-state index in [1.54, 1.807) is 0 Å². The van der Waals surface area contributed by atoms with Crippen LogP contribution in [0.1, 0.15) is 26.5 Å². The first-order valence-corrected chi connectivity index (χ1v) is 7.94. The molecule has 1 aliphatic heterocycles. The Morgan fingerprint density at radius 1 is 1.38 bits per heavy atom. The summed E-state index contributed by atoms with van der Waals surface area (Å²) in [4.78, 5) is 34.5. The monoisotopic (exact) mass is 365 g/mol. The first-order valence-electron chi connectivity index (χ1n) is 7.94. The van der Waals surface area contributed by atoms with Gasteiger partial charge in [0.25, 0.3) is 0 Å². The van der Waals surface area contributed by atoms with Crippen LogP contribution < -0.4 is 5.73 Å². The minimum Gasteiger partial charge on any atom is -0.462 e. The number of rotatable bonds is 5. The van der Waals surface area contributed by atoms with Gasteiger partial charge >= 0.3 is 11.9 Å². The molecule has 11 heteroatoms. The maximum Gasteiger partial charge on any atom is 0.303 e. The van der Waals surface area contributed by atoms with E-state index < -0.39 is 36.5 Å². The van der Waals surface area contributed by atoms with E-state index in [-0.39, 0.29) is 18.8 Å². The predicted molar refractivity (Wildman–Crippen MR) is 86.5 cm³/mol. The predicted octanol–water partition coefficient (Wildman–Crippen LogP) is -0.448. The fraction of sp³-hybridized carbons (Fsp3) is 0.533. The van der Waals surface area contributed by atoms with Crippen molar-refractivity contribution < 1.29 is 28.9 Å². The highest BCUT2D eigenvalue weighted by atomic mass is 16.6. The Balaban J connectivity index is 1.81. The molecule has 0 unspecified atom stereocenters. The first-order chi connectivity index (χ1) is 12.4. The third kappa shape index (κ3) is 3.58. The van der Waals surface area contributed by atoms with Gasteiger partial charge < -0.3 is 25.1 Å². The molecular formula is C15H19N5O6. The molecule has 0 aromatic carbocycles. The van der Waals surface area contributed by atoms with E-state index in [4.69, 9.17) is 19.9 Å². The molecule has 0 aliphatic carbocycles. The molecule has 0 spiro atoms. The van der Waals surface area contributed by atoms with Crippen LogP contribution in [0, 0.1) is 0 Å². The van der Waals surface area contributed by atoms with Crippen molar-refractivity contribution in [3.8, 4) is 0 Å². The number of nitrogens with two attached hydrogens (primary N) is 1. The van der Waals surface area contributed by atoms with Gasteiger partial charge in [-0.05, 0) is 0 Å². The van der Waals surface area contributed by atoms with Crippen molar-refractivity contribution in [2.75, 3.05) is 12.3 Å². The highest BCUT2D eigenvalue weighted by Gasteiger charge is 2.41. The van der Waals surface area contributed by atoms with Gasteiger partial charge in [-0.2, -0.15) is 0 Å². The molecule has 0 amide bonds. The summed E-state index contributed by atoms with van der Waals surface area (Å²) in [7, 11) is 0. The van der Waals surface area contributed by atoms with Crippen molar-refractivity contribution in [3.05, 3.63) is 12.7 Å². The second kappa shape index (κ2) is 7.22. The molecule has 26 heavy (non-hydrogen) atoms. The third-order valence-corrected chi connectivity index (χ3v) is 3.96. The summed E-state index contributed by atoms with van der Waals surface area (Å²) in [6, 6.07) is 0. The van der Waals surface area contributed by atoms with Crippen LogP contribution in [-0.2, 0) is 23.8 Å². The summed E-state index contributed by atoms with van der Waals surface area (Å²) in [6.45, 7) is 2.32. The zero-order valence-corrected chi connectivity index (χ0v) is 14.2. The lowest BCUT2D eigenvalue weighted by molar-refractivity contribution is -0.167.